The van der Waals surface area contributed by atoms with Crippen LogP contribution in [-0.2, 0) is 14.8 Å². The first-order valence-electron chi connectivity index (χ1n) is 11.2. The molecule has 0 N–H and O–H groups in total. The van der Waals surface area contributed by atoms with E-state index in [1.54, 1.807) is 30.0 Å². The van der Waals surface area contributed by atoms with Crippen LogP contribution in [0.25, 0.3) is 16.2 Å². The number of ether oxygens (including phenoxy) is 1. The Labute approximate surface area is 196 Å². The van der Waals surface area contributed by atoms with Crippen molar-refractivity contribution in [2.75, 3.05) is 38.3 Å². The minimum absolute atomic E-state index is 0.221. The molecule has 0 unspecified atom stereocenters. The lowest BCUT2D eigenvalue weighted by molar-refractivity contribution is 0.180. The number of nitrogens with zero attached hydrogens (tertiary/aromatic N) is 5. The molecule has 176 valence electrons. The molecule has 0 saturated carbocycles. The van der Waals surface area contributed by atoms with E-state index in [0.29, 0.717) is 30.5 Å². The van der Waals surface area contributed by atoms with Crippen molar-refractivity contribution >= 4 is 38.2 Å². The van der Waals surface area contributed by atoms with Gasteiger partial charge in [-0.15, -0.1) is 11.3 Å². The van der Waals surface area contributed by atoms with Crippen LogP contribution in [0.5, 0.6) is 0 Å². The van der Waals surface area contributed by atoms with Gasteiger partial charge >= 0.3 is 0 Å². The third-order valence-corrected chi connectivity index (χ3v) is 9.05. The molecule has 9 nitrogen and oxygen atoms in total. The number of fused-ring (bicyclic) bond motifs is 1. The standard InChI is InChI=1S/C22H27N5O4S2/c1-31-15-16-6-5-12-26(16)19-8-7-17-20(28)18(33(29,30)25-10-3-2-4-11-25)14-27(21(17)24-19)22-23-9-13-32-22/h7-9,13-14,16H,2-6,10-12,15H2,1H3/t16-/m0/s1. The van der Waals surface area contributed by atoms with Gasteiger partial charge < -0.3 is 9.64 Å². The average molecular weight is 490 g/mol. The minimum Gasteiger partial charge on any atom is -0.383 e. The van der Waals surface area contributed by atoms with Crippen LogP contribution < -0.4 is 10.3 Å². The Morgan fingerprint density at radius 3 is 2.70 bits per heavy atom. The van der Waals surface area contributed by atoms with Crippen molar-refractivity contribution in [2.45, 2.75) is 43.0 Å². The minimum atomic E-state index is -3.92. The third-order valence-electron chi connectivity index (χ3n) is 6.39. The van der Waals surface area contributed by atoms with Gasteiger partial charge in [0.25, 0.3) is 0 Å². The number of rotatable bonds is 6. The fourth-order valence-corrected chi connectivity index (χ4v) is 6.96. The van der Waals surface area contributed by atoms with Gasteiger partial charge in [0.2, 0.25) is 15.5 Å². The van der Waals surface area contributed by atoms with Crippen molar-refractivity contribution in [1.29, 1.82) is 0 Å². The van der Waals surface area contributed by atoms with E-state index < -0.39 is 15.5 Å². The van der Waals surface area contributed by atoms with Crippen LogP contribution in [0.2, 0.25) is 0 Å². The van der Waals surface area contributed by atoms with E-state index in [1.807, 2.05) is 5.38 Å². The van der Waals surface area contributed by atoms with Gasteiger partial charge in [-0.3, -0.25) is 9.36 Å². The van der Waals surface area contributed by atoms with Gasteiger partial charge in [0.05, 0.1) is 18.0 Å². The van der Waals surface area contributed by atoms with E-state index in [0.717, 1.165) is 44.5 Å². The summed E-state index contributed by atoms with van der Waals surface area (Å²) in [5.41, 5.74) is -0.106. The van der Waals surface area contributed by atoms with E-state index in [4.69, 9.17) is 9.72 Å². The van der Waals surface area contributed by atoms with Crippen LogP contribution in [0.1, 0.15) is 32.1 Å². The zero-order valence-electron chi connectivity index (χ0n) is 18.5. The van der Waals surface area contributed by atoms with E-state index in [1.165, 1.54) is 21.8 Å². The summed E-state index contributed by atoms with van der Waals surface area (Å²) in [7, 11) is -2.23. The molecule has 0 spiro atoms. The number of hydrogen-bond acceptors (Lipinski definition) is 8. The predicted octanol–water partition coefficient (Wildman–Crippen LogP) is 2.63. The second kappa shape index (κ2) is 9.13. The largest absolute Gasteiger partial charge is 0.383 e. The Hall–Kier alpha value is -2.34. The highest BCUT2D eigenvalue weighted by molar-refractivity contribution is 7.89. The Kier molecular flexibility index (Phi) is 6.21. The number of anilines is 1. The lowest BCUT2D eigenvalue weighted by Crippen LogP contribution is -2.38. The molecule has 33 heavy (non-hydrogen) atoms. The smallest absolute Gasteiger partial charge is 0.248 e. The van der Waals surface area contributed by atoms with Crippen molar-refractivity contribution in [3.63, 3.8) is 0 Å². The van der Waals surface area contributed by atoms with Crippen molar-refractivity contribution in [3.8, 4) is 5.13 Å². The molecule has 11 heteroatoms. The monoisotopic (exact) mass is 489 g/mol. The molecular formula is C22H27N5O4S2. The lowest BCUT2D eigenvalue weighted by Gasteiger charge is -2.27. The molecule has 0 aromatic carbocycles. The van der Waals surface area contributed by atoms with Crippen molar-refractivity contribution in [2.24, 2.45) is 0 Å². The van der Waals surface area contributed by atoms with Crippen molar-refractivity contribution in [3.05, 3.63) is 40.1 Å². The fourth-order valence-electron chi connectivity index (χ4n) is 4.74. The molecular weight excluding hydrogens is 462 g/mol. The van der Waals surface area contributed by atoms with Crippen molar-refractivity contribution < 1.29 is 13.2 Å². The number of piperidine rings is 1. The summed E-state index contributed by atoms with van der Waals surface area (Å²) in [4.78, 5) is 24.6. The summed E-state index contributed by atoms with van der Waals surface area (Å²) >= 11 is 1.37. The third kappa shape index (κ3) is 4.07. The first-order valence-corrected chi connectivity index (χ1v) is 13.5. The Bertz CT molecular complexity index is 1300. The molecule has 3 aromatic heterocycles. The van der Waals surface area contributed by atoms with Crippen LogP contribution >= 0.6 is 11.3 Å². The maximum atomic E-state index is 13.4. The number of sulfonamides is 1. The molecule has 5 rings (SSSR count). The van der Waals surface area contributed by atoms with E-state index >= 15 is 0 Å². The fraction of sp³-hybridized carbons (Fsp3) is 0.500. The maximum Gasteiger partial charge on any atom is 0.248 e. The molecule has 3 aromatic rings. The quantitative estimate of drug-likeness (QED) is 0.525. The Morgan fingerprint density at radius 2 is 1.97 bits per heavy atom. The van der Waals surface area contributed by atoms with Crippen LogP contribution in [0, 0.1) is 0 Å². The molecule has 2 aliphatic rings. The SMILES string of the molecule is COC[C@@H]1CCCN1c1ccc2c(=O)c(S(=O)(=O)N3CCCCC3)cn(-c3nccs3)c2n1. The molecule has 0 aliphatic carbocycles. The number of aromatic nitrogens is 3. The van der Waals surface area contributed by atoms with Gasteiger partial charge in [-0.05, 0) is 37.8 Å². The van der Waals surface area contributed by atoms with Crippen LogP contribution in [0.3, 0.4) is 0 Å². The Balaban J connectivity index is 1.68. The zero-order chi connectivity index (χ0) is 23.0. The van der Waals surface area contributed by atoms with E-state index in [2.05, 4.69) is 9.88 Å². The summed E-state index contributed by atoms with van der Waals surface area (Å²) < 4.78 is 35.3. The maximum absolute atomic E-state index is 13.4. The number of hydrogen-bond donors (Lipinski definition) is 0. The van der Waals surface area contributed by atoms with Crippen molar-refractivity contribution in [1.82, 2.24) is 18.8 Å². The average Bonchev–Trinajstić information content (AvgIpc) is 3.52. The molecule has 2 saturated heterocycles. The van der Waals surface area contributed by atoms with Gasteiger partial charge in [-0.25, -0.2) is 18.4 Å². The lowest BCUT2D eigenvalue weighted by atomic mass is 10.2. The summed E-state index contributed by atoms with van der Waals surface area (Å²) in [5, 5.41) is 2.65. The highest BCUT2D eigenvalue weighted by Crippen LogP contribution is 2.28. The molecule has 2 aliphatic heterocycles. The van der Waals surface area contributed by atoms with Crippen LogP contribution in [-0.4, -0.2) is 66.7 Å². The van der Waals surface area contributed by atoms with Crippen LogP contribution in [0.4, 0.5) is 5.82 Å². The number of thiazole rings is 1. The highest BCUT2D eigenvalue weighted by atomic mass is 32.2. The predicted molar refractivity (Wildman–Crippen MR) is 128 cm³/mol. The van der Waals surface area contributed by atoms with Gasteiger partial charge in [0.1, 0.15) is 10.7 Å². The van der Waals surface area contributed by atoms with Crippen LogP contribution in [0.15, 0.2) is 39.6 Å². The summed E-state index contributed by atoms with van der Waals surface area (Å²) in [6, 6.07) is 3.72. The van der Waals surface area contributed by atoms with Gasteiger partial charge in [0.15, 0.2) is 10.8 Å². The molecule has 2 fully saturated rings. The number of methoxy groups -OCH3 is 1. The summed E-state index contributed by atoms with van der Waals surface area (Å²) in [5.74, 6) is 0.749. The molecule has 0 bridgehead atoms. The highest BCUT2D eigenvalue weighted by Gasteiger charge is 2.31. The molecule has 0 amide bonds. The first kappa shape index (κ1) is 22.5. The molecule has 0 radical (unpaired) electrons. The summed E-state index contributed by atoms with van der Waals surface area (Å²) in [6.45, 7) is 2.33. The van der Waals surface area contributed by atoms with Gasteiger partial charge in [0, 0.05) is 44.5 Å². The van der Waals surface area contributed by atoms with E-state index in [-0.39, 0.29) is 16.3 Å². The zero-order valence-corrected chi connectivity index (χ0v) is 20.1. The first-order chi connectivity index (χ1) is 16.0. The van der Waals surface area contributed by atoms with Gasteiger partial charge in [-0.1, -0.05) is 6.42 Å². The molecule has 1 atom stereocenters. The van der Waals surface area contributed by atoms with Gasteiger partial charge in [-0.2, -0.15) is 4.31 Å². The molecule has 5 heterocycles. The number of pyridine rings is 2. The topological polar surface area (TPSA) is 97.6 Å². The second-order valence-electron chi connectivity index (χ2n) is 8.46. The second-order valence-corrected chi connectivity index (χ2v) is 11.2. The van der Waals surface area contributed by atoms with E-state index in [9.17, 15) is 13.2 Å². The normalized spacial score (nSPS) is 20.0. The Morgan fingerprint density at radius 1 is 1.15 bits per heavy atom. The summed E-state index contributed by atoms with van der Waals surface area (Å²) in [6.07, 6.45) is 7.72.